The lowest BCUT2D eigenvalue weighted by Crippen LogP contribution is -2.43. The topological polar surface area (TPSA) is 61.4 Å². The van der Waals surface area contributed by atoms with Crippen molar-refractivity contribution in [1.29, 1.82) is 0 Å². The molecule has 6 rings (SSSR count). The van der Waals surface area contributed by atoms with Gasteiger partial charge in [-0.2, -0.15) is 0 Å². The van der Waals surface area contributed by atoms with Crippen LogP contribution in [0, 0.1) is 0 Å². The normalized spacial score (nSPS) is 18.2. The summed E-state index contributed by atoms with van der Waals surface area (Å²) in [6.07, 6.45) is 2.79. The third-order valence-electron chi connectivity index (χ3n) is 6.43. The number of carbonyl (C=O) groups is 2. The Balaban J connectivity index is 1.25. The second-order valence-corrected chi connectivity index (χ2v) is 8.23. The van der Waals surface area contributed by atoms with Gasteiger partial charge in [0.05, 0.1) is 11.4 Å². The smallest absolute Gasteiger partial charge is 0.255 e. The fraction of sp³-hybridized carbons (Fsp3) is 0.200. The maximum absolute atomic E-state index is 12.9. The molecule has 2 amide bonds. The summed E-state index contributed by atoms with van der Waals surface area (Å²) in [4.78, 5) is 27.4. The SMILES string of the molecule is O=C(Nc1ccc2c(c1)Cc1ccccc1-2)c1ccc2c(c1)NC(=O)C1CCCN21. The molecule has 5 nitrogen and oxygen atoms in total. The van der Waals surface area contributed by atoms with E-state index in [4.69, 9.17) is 0 Å². The summed E-state index contributed by atoms with van der Waals surface area (Å²) in [6, 6.07) is 20.0. The van der Waals surface area contributed by atoms with Gasteiger partial charge in [0.1, 0.15) is 6.04 Å². The molecular weight excluding hydrogens is 374 g/mol. The largest absolute Gasteiger partial charge is 0.358 e. The molecule has 30 heavy (non-hydrogen) atoms. The zero-order valence-corrected chi connectivity index (χ0v) is 16.4. The Kier molecular flexibility index (Phi) is 3.72. The van der Waals surface area contributed by atoms with E-state index in [9.17, 15) is 9.59 Å². The Labute approximate surface area is 174 Å². The fourth-order valence-corrected chi connectivity index (χ4v) is 5.00. The van der Waals surface area contributed by atoms with Crippen LogP contribution in [0.4, 0.5) is 17.1 Å². The lowest BCUT2D eigenvalue weighted by atomic mass is 10.0. The molecule has 148 valence electrons. The predicted molar refractivity (Wildman–Crippen MR) is 118 cm³/mol. The zero-order valence-electron chi connectivity index (χ0n) is 16.4. The number of anilines is 3. The van der Waals surface area contributed by atoms with E-state index in [0.29, 0.717) is 5.56 Å². The molecule has 1 unspecified atom stereocenters. The zero-order chi connectivity index (χ0) is 20.2. The van der Waals surface area contributed by atoms with Crippen LogP contribution in [0.3, 0.4) is 0 Å². The molecule has 3 aromatic carbocycles. The minimum Gasteiger partial charge on any atom is -0.358 e. The van der Waals surface area contributed by atoms with Gasteiger partial charge in [0.25, 0.3) is 5.91 Å². The molecule has 1 fully saturated rings. The molecule has 0 bridgehead atoms. The summed E-state index contributed by atoms with van der Waals surface area (Å²) in [5.41, 5.74) is 8.10. The van der Waals surface area contributed by atoms with Crippen molar-refractivity contribution in [2.45, 2.75) is 25.3 Å². The average Bonchev–Trinajstić information content (AvgIpc) is 3.38. The highest BCUT2D eigenvalue weighted by Crippen LogP contribution is 2.39. The molecule has 0 saturated carbocycles. The first-order valence-corrected chi connectivity index (χ1v) is 10.4. The van der Waals surface area contributed by atoms with Crippen LogP contribution < -0.4 is 15.5 Å². The van der Waals surface area contributed by atoms with Gasteiger partial charge in [-0.1, -0.05) is 30.3 Å². The first-order valence-electron chi connectivity index (χ1n) is 10.4. The van der Waals surface area contributed by atoms with E-state index in [1.807, 2.05) is 18.2 Å². The van der Waals surface area contributed by atoms with E-state index < -0.39 is 0 Å². The Morgan fingerprint density at radius 3 is 2.80 bits per heavy atom. The number of amides is 2. The number of nitrogens with one attached hydrogen (secondary N) is 2. The average molecular weight is 395 g/mol. The second kappa shape index (κ2) is 6.46. The van der Waals surface area contributed by atoms with Crippen molar-refractivity contribution in [3.05, 3.63) is 77.4 Å². The van der Waals surface area contributed by atoms with Gasteiger partial charge in [0.2, 0.25) is 5.91 Å². The van der Waals surface area contributed by atoms with Crippen LogP contribution in [0.15, 0.2) is 60.7 Å². The summed E-state index contributed by atoms with van der Waals surface area (Å²) >= 11 is 0. The predicted octanol–water partition coefficient (Wildman–Crippen LogP) is 4.43. The van der Waals surface area contributed by atoms with Crippen LogP contribution >= 0.6 is 0 Å². The third kappa shape index (κ3) is 2.62. The molecule has 3 aliphatic rings. The Morgan fingerprint density at radius 1 is 1.00 bits per heavy atom. The van der Waals surface area contributed by atoms with Gasteiger partial charge >= 0.3 is 0 Å². The van der Waals surface area contributed by atoms with Gasteiger partial charge < -0.3 is 15.5 Å². The van der Waals surface area contributed by atoms with E-state index >= 15 is 0 Å². The summed E-state index contributed by atoms with van der Waals surface area (Å²) in [6.45, 7) is 0.883. The summed E-state index contributed by atoms with van der Waals surface area (Å²) in [5, 5.41) is 5.99. The highest BCUT2D eigenvalue weighted by molar-refractivity contribution is 6.09. The minimum absolute atomic E-state index is 0.0238. The number of rotatable bonds is 2. The molecule has 2 aliphatic heterocycles. The molecule has 1 saturated heterocycles. The van der Waals surface area contributed by atoms with Crippen LogP contribution in [0.2, 0.25) is 0 Å². The summed E-state index contributed by atoms with van der Waals surface area (Å²) in [7, 11) is 0. The highest BCUT2D eigenvalue weighted by atomic mass is 16.2. The third-order valence-corrected chi connectivity index (χ3v) is 6.43. The summed E-state index contributed by atoms with van der Waals surface area (Å²) in [5.74, 6) is -0.151. The maximum Gasteiger partial charge on any atom is 0.255 e. The van der Waals surface area contributed by atoms with Crippen molar-refractivity contribution in [3.8, 4) is 11.1 Å². The second-order valence-electron chi connectivity index (χ2n) is 8.23. The van der Waals surface area contributed by atoms with Gasteiger partial charge in [-0.25, -0.2) is 0 Å². The molecular formula is C25H21N3O2. The number of nitrogens with zero attached hydrogens (tertiary/aromatic N) is 1. The number of benzene rings is 3. The number of hydrogen-bond acceptors (Lipinski definition) is 3. The lowest BCUT2D eigenvalue weighted by Gasteiger charge is -2.33. The first-order chi connectivity index (χ1) is 14.7. The van der Waals surface area contributed by atoms with E-state index in [2.05, 4.69) is 51.9 Å². The van der Waals surface area contributed by atoms with Gasteiger partial charge in [-0.3, -0.25) is 9.59 Å². The van der Waals surface area contributed by atoms with Gasteiger partial charge in [0.15, 0.2) is 0 Å². The minimum atomic E-state index is -0.175. The van der Waals surface area contributed by atoms with Crippen LogP contribution in [0.1, 0.15) is 34.3 Å². The van der Waals surface area contributed by atoms with Gasteiger partial charge in [-0.05, 0) is 71.8 Å². The molecule has 1 aliphatic carbocycles. The first kappa shape index (κ1) is 17.3. The Morgan fingerprint density at radius 2 is 1.87 bits per heavy atom. The highest BCUT2D eigenvalue weighted by Gasteiger charge is 2.36. The molecule has 5 heteroatoms. The Hall–Kier alpha value is -3.60. The van der Waals surface area contributed by atoms with Crippen molar-refractivity contribution < 1.29 is 9.59 Å². The molecule has 2 heterocycles. The molecule has 0 radical (unpaired) electrons. The summed E-state index contributed by atoms with van der Waals surface area (Å²) < 4.78 is 0. The van der Waals surface area contributed by atoms with Crippen molar-refractivity contribution in [2.24, 2.45) is 0 Å². The maximum atomic E-state index is 12.9. The lowest BCUT2D eigenvalue weighted by molar-refractivity contribution is -0.117. The molecule has 2 N–H and O–H groups in total. The molecule has 3 aromatic rings. The van der Waals surface area contributed by atoms with Crippen molar-refractivity contribution >= 4 is 28.9 Å². The number of carbonyl (C=O) groups excluding carboxylic acids is 2. The fourth-order valence-electron chi connectivity index (χ4n) is 5.00. The quantitative estimate of drug-likeness (QED) is 0.528. The van der Waals surface area contributed by atoms with E-state index in [1.165, 1.54) is 22.3 Å². The van der Waals surface area contributed by atoms with Gasteiger partial charge in [0, 0.05) is 17.8 Å². The van der Waals surface area contributed by atoms with Crippen molar-refractivity contribution in [1.82, 2.24) is 0 Å². The molecule has 0 aromatic heterocycles. The number of fused-ring (bicyclic) bond motifs is 6. The van der Waals surface area contributed by atoms with E-state index in [1.54, 1.807) is 6.07 Å². The van der Waals surface area contributed by atoms with E-state index in [0.717, 1.165) is 42.9 Å². The van der Waals surface area contributed by atoms with Crippen molar-refractivity contribution in [3.63, 3.8) is 0 Å². The van der Waals surface area contributed by atoms with Crippen molar-refractivity contribution in [2.75, 3.05) is 22.1 Å². The van der Waals surface area contributed by atoms with Gasteiger partial charge in [-0.15, -0.1) is 0 Å². The van der Waals surface area contributed by atoms with E-state index in [-0.39, 0.29) is 17.9 Å². The number of hydrogen-bond donors (Lipinski definition) is 2. The molecule has 0 spiro atoms. The van der Waals surface area contributed by atoms with Crippen LogP contribution in [0.5, 0.6) is 0 Å². The van der Waals surface area contributed by atoms with Crippen LogP contribution in [-0.4, -0.2) is 24.4 Å². The monoisotopic (exact) mass is 395 g/mol. The van der Waals surface area contributed by atoms with Crippen LogP contribution in [0.25, 0.3) is 11.1 Å². The Bertz CT molecular complexity index is 1220. The van der Waals surface area contributed by atoms with Crippen LogP contribution in [-0.2, 0) is 11.2 Å². The molecule has 1 atom stereocenters. The standard InChI is InChI=1S/C25H21N3O2/c29-24(16-7-10-22-21(14-16)27-25(30)23-6-3-11-28(22)23)26-18-8-9-20-17(13-18)12-15-4-1-2-5-19(15)20/h1-2,4-5,7-10,13-14,23H,3,6,11-12H2,(H,26,29)(H,27,30).